The van der Waals surface area contributed by atoms with Crippen LogP contribution in [-0.4, -0.2) is 35.8 Å². The highest BCUT2D eigenvalue weighted by molar-refractivity contribution is 5.36. The predicted molar refractivity (Wildman–Crippen MR) is 76.0 cm³/mol. The van der Waals surface area contributed by atoms with E-state index in [1.54, 1.807) is 0 Å². The van der Waals surface area contributed by atoms with Crippen LogP contribution in [0.15, 0.2) is 36.7 Å². The maximum atomic E-state index is 4.23. The van der Waals surface area contributed by atoms with E-state index in [4.69, 9.17) is 0 Å². The second kappa shape index (κ2) is 6.80. The van der Waals surface area contributed by atoms with Gasteiger partial charge >= 0.3 is 0 Å². The van der Waals surface area contributed by atoms with E-state index in [-0.39, 0.29) is 0 Å². The van der Waals surface area contributed by atoms with Crippen molar-refractivity contribution in [2.45, 2.75) is 13.0 Å². The van der Waals surface area contributed by atoms with Crippen LogP contribution < -0.4 is 10.2 Å². The molecule has 5 heteroatoms. The Hall–Kier alpha value is -2.01. The minimum atomic E-state index is 0.744. The Bertz CT molecular complexity index is 483. The summed E-state index contributed by atoms with van der Waals surface area (Å²) >= 11 is 0. The van der Waals surface area contributed by atoms with E-state index in [0.717, 1.165) is 31.0 Å². The van der Waals surface area contributed by atoms with Gasteiger partial charge in [-0.05, 0) is 43.3 Å². The Morgan fingerprint density at radius 2 is 1.89 bits per heavy atom. The number of nitrogens with one attached hydrogen (secondary N) is 1. The van der Waals surface area contributed by atoms with E-state index in [1.165, 1.54) is 5.56 Å². The minimum absolute atomic E-state index is 0.744. The summed E-state index contributed by atoms with van der Waals surface area (Å²) < 4.78 is 0. The number of hydrogen-bond donors (Lipinski definition) is 1. The second-order valence-electron chi connectivity index (χ2n) is 4.44. The molecule has 0 aliphatic rings. The highest BCUT2D eigenvalue weighted by Gasteiger charge is 2.04. The van der Waals surface area contributed by atoms with Crippen LogP contribution in [0.5, 0.6) is 0 Å². The maximum Gasteiger partial charge on any atom is 0.150 e. The molecule has 0 aliphatic heterocycles. The van der Waals surface area contributed by atoms with E-state index in [1.807, 2.05) is 50.8 Å². The van der Waals surface area contributed by atoms with Crippen molar-refractivity contribution >= 4 is 5.82 Å². The molecule has 5 nitrogen and oxygen atoms in total. The smallest absolute Gasteiger partial charge is 0.150 e. The van der Waals surface area contributed by atoms with Gasteiger partial charge in [0.1, 0.15) is 0 Å². The van der Waals surface area contributed by atoms with Gasteiger partial charge in [0.2, 0.25) is 0 Å². The molecule has 0 radical (unpaired) electrons. The van der Waals surface area contributed by atoms with Crippen molar-refractivity contribution in [3.8, 4) is 0 Å². The summed E-state index contributed by atoms with van der Waals surface area (Å²) in [6, 6.07) is 8.08. The van der Waals surface area contributed by atoms with E-state index < -0.39 is 0 Å². The van der Waals surface area contributed by atoms with E-state index >= 15 is 0 Å². The summed E-state index contributed by atoms with van der Waals surface area (Å²) in [5.74, 6) is 0.897. The first-order valence-corrected chi connectivity index (χ1v) is 6.37. The number of rotatable bonds is 6. The van der Waals surface area contributed by atoms with Crippen LogP contribution in [0.1, 0.15) is 11.3 Å². The molecule has 2 rings (SSSR count). The molecule has 2 heterocycles. The zero-order valence-electron chi connectivity index (χ0n) is 11.4. The predicted octanol–water partition coefficient (Wildman–Crippen LogP) is 1.27. The fourth-order valence-corrected chi connectivity index (χ4v) is 1.79. The lowest BCUT2D eigenvalue weighted by Crippen LogP contribution is -2.22. The molecule has 2 aromatic heterocycles. The topological polar surface area (TPSA) is 53.9 Å². The van der Waals surface area contributed by atoms with E-state index in [0.29, 0.717) is 0 Å². The van der Waals surface area contributed by atoms with Crippen LogP contribution in [-0.2, 0) is 13.0 Å². The summed E-state index contributed by atoms with van der Waals surface area (Å²) in [4.78, 5) is 6.12. The van der Waals surface area contributed by atoms with Crippen molar-refractivity contribution in [2.24, 2.45) is 0 Å². The maximum absolute atomic E-state index is 4.23. The Labute approximate surface area is 113 Å². The number of likely N-dealkylation sites (N-methyl/N-ethyl adjacent to an activating group) is 1. The summed E-state index contributed by atoms with van der Waals surface area (Å²) in [5.41, 5.74) is 2.23. The molecular formula is C14H19N5. The highest BCUT2D eigenvalue weighted by atomic mass is 15.2. The van der Waals surface area contributed by atoms with Crippen molar-refractivity contribution in [3.05, 3.63) is 47.9 Å². The third-order valence-corrected chi connectivity index (χ3v) is 2.94. The first-order chi connectivity index (χ1) is 9.29. The molecule has 0 saturated heterocycles. The fourth-order valence-electron chi connectivity index (χ4n) is 1.79. The molecular weight excluding hydrogens is 238 g/mol. The highest BCUT2D eigenvalue weighted by Crippen LogP contribution is 2.08. The van der Waals surface area contributed by atoms with Crippen LogP contribution >= 0.6 is 0 Å². The fraction of sp³-hybridized carbons (Fsp3) is 0.357. The number of hydrogen-bond acceptors (Lipinski definition) is 5. The lowest BCUT2D eigenvalue weighted by atomic mass is 10.2. The van der Waals surface area contributed by atoms with Crippen LogP contribution in [0.2, 0.25) is 0 Å². The van der Waals surface area contributed by atoms with Crippen molar-refractivity contribution in [3.63, 3.8) is 0 Å². The molecule has 0 aliphatic carbocycles. The lowest BCUT2D eigenvalue weighted by molar-refractivity contribution is 0.757. The van der Waals surface area contributed by atoms with Crippen molar-refractivity contribution < 1.29 is 0 Å². The standard InChI is InChI=1S/C14H19N5/c1-15-11-13-3-4-14(18-17-13)19(2)10-7-12-5-8-16-9-6-12/h3-6,8-9,15H,7,10-11H2,1-2H3. The Morgan fingerprint density at radius 3 is 2.53 bits per heavy atom. The molecule has 100 valence electrons. The van der Waals surface area contributed by atoms with Gasteiger partial charge in [0.15, 0.2) is 5.82 Å². The molecule has 0 bridgehead atoms. The largest absolute Gasteiger partial charge is 0.358 e. The van der Waals surface area contributed by atoms with Gasteiger partial charge in [-0.2, -0.15) is 5.10 Å². The number of nitrogens with zero attached hydrogens (tertiary/aromatic N) is 4. The molecule has 1 N–H and O–H groups in total. The zero-order chi connectivity index (χ0) is 13.5. The second-order valence-corrected chi connectivity index (χ2v) is 4.44. The number of pyridine rings is 1. The molecule has 0 fully saturated rings. The van der Waals surface area contributed by atoms with Gasteiger partial charge < -0.3 is 10.2 Å². The van der Waals surface area contributed by atoms with Gasteiger partial charge in [0.25, 0.3) is 0 Å². The van der Waals surface area contributed by atoms with Gasteiger partial charge in [-0.15, -0.1) is 5.10 Å². The first-order valence-electron chi connectivity index (χ1n) is 6.37. The first kappa shape index (κ1) is 13.4. The van der Waals surface area contributed by atoms with Gasteiger partial charge in [-0.25, -0.2) is 0 Å². The molecule has 2 aromatic rings. The third-order valence-electron chi connectivity index (χ3n) is 2.94. The van der Waals surface area contributed by atoms with Gasteiger partial charge in [-0.1, -0.05) is 0 Å². The normalized spacial score (nSPS) is 10.4. The molecule has 0 unspecified atom stereocenters. The van der Waals surface area contributed by atoms with Gasteiger partial charge in [0.05, 0.1) is 5.69 Å². The molecule has 0 saturated carbocycles. The summed E-state index contributed by atoms with van der Waals surface area (Å²) in [5, 5.41) is 11.5. The Kier molecular flexibility index (Phi) is 4.80. The van der Waals surface area contributed by atoms with Crippen LogP contribution in [0.3, 0.4) is 0 Å². The Morgan fingerprint density at radius 1 is 1.11 bits per heavy atom. The molecule has 19 heavy (non-hydrogen) atoms. The average Bonchev–Trinajstić information content (AvgIpc) is 2.47. The molecule has 0 aromatic carbocycles. The molecule has 0 spiro atoms. The third kappa shape index (κ3) is 3.99. The molecule has 0 atom stereocenters. The minimum Gasteiger partial charge on any atom is -0.358 e. The van der Waals surface area contributed by atoms with Gasteiger partial charge in [0, 0.05) is 32.5 Å². The monoisotopic (exact) mass is 257 g/mol. The van der Waals surface area contributed by atoms with Crippen LogP contribution in [0.25, 0.3) is 0 Å². The SMILES string of the molecule is CNCc1ccc(N(C)CCc2ccncc2)nn1. The van der Waals surface area contributed by atoms with E-state index in [2.05, 4.69) is 25.4 Å². The lowest BCUT2D eigenvalue weighted by Gasteiger charge is -2.17. The molecule has 0 amide bonds. The summed E-state index contributed by atoms with van der Waals surface area (Å²) in [6.45, 7) is 1.65. The van der Waals surface area contributed by atoms with Gasteiger partial charge in [-0.3, -0.25) is 4.98 Å². The van der Waals surface area contributed by atoms with Crippen LogP contribution in [0, 0.1) is 0 Å². The number of anilines is 1. The Balaban J connectivity index is 1.90. The van der Waals surface area contributed by atoms with Crippen molar-refractivity contribution in [2.75, 3.05) is 25.5 Å². The quantitative estimate of drug-likeness (QED) is 0.844. The number of aromatic nitrogens is 3. The summed E-state index contributed by atoms with van der Waals surface area (Å²) in [7, 11) is 3.93. The average molecular weight is 257 g/mol. The van der Waals surface area contributed by atoms with Crippen molar-refractivity contribution in [1.29, 1.82) is 0 Å². The summed E-state index contributed by atoms with van der Waals surface area (Å²) in [6.07, 6.45) is 4.61. The zero-order valence-corrected chi connectivity index (χ0v) is 11.4. The van der Waals surface area contributed by atoms with E-state index in [9.17, 15) is 0 Å². The van der Waals surface area contributed by atoms with Crippen molar-refractivity contribution in [1.82, 2.24) is 20.5 Å². The van der Waals surface area contributed by atoms with Crippen LogP contribution in [0.4, 0.5) is 5.82 Å².